The fourth-order valence-electron chi connectivity index (χ4n) is 3.38. The molecule has 0 unspecified atom stereocenters. The van der Waals surface area contributed by atoms with Crippen LogP contribution in [0.4, 0.5) is 5.95 Å². The second-order valence-electron chi connectivity index (χ2n) is 7.37. The maximum Gasteiger partial charge on any atom is 0.280 e. The van der Waals surface area contributed by atoms with E-state index >= 15 is 0 Å². The van der Waals surface area contributed by atoms with Gasteiger partial charge in [-0.25, -0.2) is 4.98 Å². The summed E-state index contributed by atoms with van der Waals surface area (Å²) >= 11 is 0. The van der Waals surface area contributed by atoms with Crippen molar-refractivity contribution < 1.29 is 14.6 Å². The number of H-pyrrole nitrogens is 1. The highest BCUT2D eigenvalue weighted by atomic mass is 16.5. The summed E-state index contributed by atoms with van der Waals surface area (Å²) in [6, 6.07) is 9.46. The Morgan fingerprint density at radius 2 is 2.07 bits per heavy atom. The third-order valence-corrected chi connectivity index (χ3v) is 4.93. The molecule has 0 aliphatic carbocycles. The molecule has 4 rings (SSSR count). The summed E-state index contributed by atoms with van der Waals surface area (Å²) in [5, 5.41) is 12.1. The molecule has 2 atom stereocenters. The highest BCUT2D eigenvalue weighted by Gasteiger charge is 2.31. The zero-order chi connectivity index (χ0) is 20.5. The molecule has 0 spiro atoms. The summed E-state index contributed by atoms with van der Waals surface area (Å²) < 4.78 is 7.74. The molecule has 0 saturated carbocycles. The molecule has 9 nitrogen and oxygen atoms in total. The van der Waals surface area contributed by atoms with E-state index in [0.717, 1.165) is 5.56 Å². The van der Waals surface area contributed by atoms with E-state index in [9.17, 15) is 14.7 Å². The molecule has 1 amide bonds. The van der Waals surface area contributed by atoms with Gasteiger partial charge in [0, 0.05) is 11.5 Å². The molecule has 2 aromatic heterocycles. The third-order valence-electron chi connectivity index (χ3n) is 4.93. The molecule has 29 heavy (non-hydrogen) atoms. The number of carbonyl (C=O) groups excluding carboxylic acids is 1. The lowest BCUT2D eigenvalue weighted by Crippen LogP contribution is -2.22. The van der Waals surface area contributed by atoms with Gasteiger partial charge in [0.1, 0.15) is 12.1 Å². The summed E-state index contributed by atoms with van der Waals surface area (Å²) in [5.74, 6) is 0.108. The minimum absolute atomic E-state index is 0.0682. The average molecular weight is 397 g/mol. The number of nitrogens with one attached hydrogen (secondary N) is 2. The molecule has 152 valence electrons. The van der Waals surface area contributed by atoms with Crippen LogP contribution in [0.1, 0.15) is 32.9 Å². The fraction of sp³-hybridized carbons (Fsp3) is 0.400. The predicted molar refractivity (Wildman–Crippen MR) is 107 cm³/mol. The van der Waals surface area contributed by atoms with Crippen molar-refractivity contribution in [3.8, 4) is 11.4 Å². The van der Waals surface area contributed by atoms with Crippen LogP contribution in [0.15, 0.2) is 35.1 Å². The third kappa shape index (κ3) is 3.66. The number of aliphatic hydroxyl groups is 1. The van der Waals surface area contributed by atoms with Crippen LogP contribution in [0.3, 0.4) is 0 Å². The first-order valence-electron chi connectivity index (χ1n) is 9.62. The maximum absolute atomic E-state index is 12.7. The van der Waals surface area contributed by atoms with Crippen LogP contribution in [0.25, 0.3) is 22.6 Å². The van der Waals surface area contributed by atoms with Gasteiger partial charge in [0.2, 0.25) is 11.9 Å². The van der Waals surface area contributed by atoms with Gasteiger partial charge < -0.3 is 9.84 Å². The Morgan fingerprint density at radius 1 is 1.31 bits per heavy atom. The molecule has 1 aromatic carbocycles. The SMILES string of the molecule is CC(C)C(=O)Nc1nc2c(nc(-c3ccccc3)n2[C@H]2CC[C@@H](CO)O2)c(=O)[nH]1. The first-order valence-corrected chi connectivity index (χ1v) is 9.62. The number of fused-ring (bicyclic) bond motifs is 1. The Hall–Kier alpha value is -3.04. The number of benzene rings is 1. The Balaban J connectivity index is 1.88. The van der Waals surface area contributed by atoms with Crippen molar-refractivity contribution in [2.75, 3.05) is 11.9 Å². The van der Waals surface area contributed by atoms with E-state index in [1.165, 1.54) is 0 Å². The molecule has 1 saturated heterocycles. The Kier molecular flexibility index (Phi) is 5.16. The number of aromatic amines is 1. The molecule has 3 N–H and O–H groups in total. The topological polar surface area (TPSA) is 122 Å². The standard InChI is InChI=1S/C20H23N5O4/c1-11(2)18(27)23-20-22-17-15(19(28)24-20)21-16(12-6-4-3-5-7-12)25(17)14-9-8-13(10-26)29-14/h3-7,11,13-14,26H,8-10H2,1-2H3,(H2,22,23,24,27,28)/t13-,14+/m0/s1. The molecule has 0 radical (unpaired) electrons. The van der Waals surface area contributed by atoms with Gasteiger partial charge in [-0.1, -0.05) is 44.2 Å². The molecular weight excluding hydrogens is 374 g/mol. The van der Waals surface area contributed by atoms with Gasteiger partial charge in [-0.05, 0) is 12.8 Å². The number of ether oxygens (including phenoxy) is 1. The van der Waals surface area contributed by atoms with Crippen LogP contribution in [-0.4, -0.2) is 43.2 Å². The number of aliphatic hydroxyl groups excluding tert-OH is 1. The monoisotopic (exact) mass is 397 g/mol. The van der Waals surface area contributed by atoms with Crippen molar-refractivity contribution >= 4 is 23.0 Å². The Bertz CT molecular complexity index is 1090. The molecule has 1 aliphatic heterocycles. The summed E-state index contributed by atoms with van der Waals surface area (Å²) in [7, 11) is 0. The zero-order valence-corrected chi connectivity index (χ0v) is 16.3. The molecule has 1 fully saturated rings. The van der Waals surface area contributed by atoms with Crippen LogP contribution in [0, 0.1) is 5.92 Å². The number of hydrogen-bond donors (Lipinski definition) is 3. The van der Waals surface area contributed by atoms with Gasteiger partial charge in [-0.15, -0.1) is 0 Å². The van der Waals surface area contributed by atoms with Crippen LogP contribution < -0.4 is 10.9 Å². The number of imidazole rings is 1. The van der Waals surface area contributed by atoms with E-state index in [2.05, 4.69) is 20.3 Å². The molecule has 1 aliphatic rings. The number of nitrogens with zero attached hydrogens (tertiary/aromatic N) is 3. The van der Waals surface area contributed by atoms with Gasteiger partial charge in [0.25, 0.3) is 5.56 Å². The van der Waals surface area contributed by atoms with Gasteiger partial charge in [-0.2, -0.15) is 4.98 Å². The quantitative estimate of drug-likeness (QED) is 0.606. The van der Waals surface area contributed by atoms with Crippen LogP contribution >= 0.6 is 0 Å². The summed E-state index contributed by atoms with van der Waals surface area (Å²) in [6.45, 7) is 3.43. The predicted octanol–water partition coefficient (Wildman–Crippen LogP) is 2.05. The van der Waals surface area contributed by atoms with E-state index in [1.54, 1.807) is 18.4 Å². The summed E-state index contributed by atoms with van der Waals surface area (Å²) in [6.07, 6.45) is 0.645. The molecule has 0 bridgehead atoms. The van der Waals surface area contributed by atoms with Crippen molar-refractivity contribution in [1.82, 2.24) is 19.5 Å². The maximum atomic E-state index is 12.7. The van der Waals surface area contributed by atoms with E-state index in [1.807, 2.05) is 30.3 Å². The van der Waals surface area contributed by atoms with Gasteiger partial charge in [0.05, 0.1) is 12.7 Å². The zero-order valence-electron chi connectivity index (χ0n) is 16.3. The second-order valence-corrected chi connectivity index (χ2v) is 7.37. The van der Waals surface area contributed by atoms with E-state index in [0.29, 0.717) is 24.3 Å². The number of anilines is 1. The lowest BCUT2D eigenvalue weighted by atomic mass is 10.2. The van der Waals surface area contributed by atoms with Crippen molar-refractivity contribution in [1.29, 1.82) is 0 Å². The number of hydrogen-bond acceptors (Lipinski definition) is 6. The summed E-state index contributed by atoms with van der Waals surface area (Å²) in [5.41, 5.74) is 0.869. The minimum atomic E-state index is -0.443. The van der Waals surface area contributed by atoms with Crippen LogP contribution in [0.2, 0.25) is 0 Å². The highest BCUT2D eigenvalue weighted by Crippen LogP contribution is 2.34. The molecule has 9 heteroatoms. The number of rotatable bonds is 5. The molecular formula is C20H23N5O4. The second kappa shape index (κ2) is 7.76. The lowest BCUT2D eigenvalue weighted by Gasteiger charge is -2.17. The van der Waals surface area contributed by atoms with Gasteiger partial charge >= 0.3 is 0 Å². The van der Waals surface area contributed by atoms with Crippen LogP contribution in [0.5, 0.6) is 0 Å². The van der Waals surface area contributed by atoms with E-state index in [-0.39, 0.29) is 36.0 Å². The first-order chi connectivity index (χ1) is 14.0. The first kappa shape index (κ1) is 19.3. The number of aromatic nitrogens is 4. The molecule has 3 aromatic rings. The largest absolute Gasteiger partial charge is 0.394 e. The van der Waals surface area contributed by atoms with E-state index in [4.69, 9.17) is 4.74 Å². The van der Waals surface area contributed by atoms with E-state index < -0.39 is 11.8 Å². The Labute approximate surface area is 166 Å². The summed E-state index contributed by atoms with van der Waals surface area (Å²) in [4.78, 5) is 36.3. The van der Waals surface area contributed by atoms with Crippen molar-refractivity contribution in [3.63, 3.8) is 0 Å². The average Bonchev–Trinajstić information content (AvgIpc) is 3.33. The number of amides is 1. The van der Waals surface area contributed by atoms with Crippen molar-refractivity contribution in [3.05, 3.63) is 40.7 Å². The molecule has 3 heterocycles. The number of carbonyl (C=O) groups is 1. The van der Waals surface area contributed by atoms with Gasteiger partial charge in [0.15, 0.2) is 11.2 Å². The van der Waals surface area contributed by atoms with Crippen molar-refractivity contribution in [2.24, 2.45) is 5.92 Å². The van der Waals surface area contributed by atoms with Gasteiger partial charge in [-0.3, -0.25) is 24.5 Å². The highest BCUT2D eigenvalue weighted by molar-refractivity contribution is 5.91. The fourth-order valence-corrected chi connectivity index (χ4v) is 3.38. The smallest absolute Gasteiger partial charge is 0.280 e. The minimum Gasteiger partial charge on any atom is -0.394 e. The van der Waals surface area contributed by atoms with Crippen LogP contribution in [-0.2, 0) is 9.53 Å². The normalized spacial score (nSPS) is 19.2. The Morgan fingerprint density at radius 3 is 2.72 bits per heavy atom. The van der Waals surface area contributed by atoms with Crippen molar-refractivity contribution in [2.45, 2.75) is 39.0 Å². The lowest BCUT2D eigenvalue weighted by molar-refractivity contribution is -0.118.